The molecule has 2 aliphatic heterocycles. The molecule has 2 unspecified atom stereocenters. The van der Waals surface area contributed by atoms with Crippen LogP contribution in [-0.4, -0.2) is 69.9 Å². The van der Waals surface area contributed by atoms with Gasteiger partial charge in [-0.15, -0.1) is 0 Å². The molecule has 1 N–H and O–H groups in total. The molecule has 1 fully saturated rings. The maximum atomic E-state index is 13.3. The van der Waals surface area contributed by atoms with E-state index in [2.05, 4.69) is 0 Å². The van der Waals surface area contributed by atoms with Crippen molar-refractivity contribution in [2.75, 3.05) is 25.2 Å². The average molecular weight is 480 g/mol. The Hall–Kier alpha value is -2.07. The molecule has 2 amide bonds. The topological polar surface area (TPSA) is 113 Å². The van der Waals surface area contributed by atoms with Crippen molar-refractivity contribution in [1.82, 2.24) is 4.90 Å². The normalized spacial score (nSPS) is 23.4. The number of anilines is 1. The van der Waals surface area contributed by atoms with Crippen LogP contribution in [0.5, 0.6) is 5.75 Å². The highest BCUT2D eigenvalue weighted by Crippen LogP contribution is 2.43. The van der Waals surface area contributed by atoms with Gasteiger partial charge in [0, 0.05) is 6.54 Å². The number of carbonyl (C=O) groups is 4. The fourth-order valence-electron chi connectivity index (χ4n) is 3.80. The smallest absolute Gasteiger partial charge is 0.416 e. The van der Waals surface area contributed by atoms with Crippen LogP contribution in [-0.2, 0) is 14.3 Å². The summed E-state index contributed by atoms with van der Waals surface area (Å²) in [5.41, 5.74) is -2.04. The van der Waals surface area contributed by atoms with Gasteiger partial charge < -0.3 is 19.5 Å². The van der Waals surface area contributed by atoms with Crippen molar-refractivity contribution >= 4 is 64.6 Å². The van der Waals surface area contributed by atoms with Gasteiger partial charge in [0.2, 0.25) is 9.58 Å². The number of nitrogens with zero attached hydrogens (tertiary/aromatic N) is 2. The van der Waals surface area contributed by atoms with Gasteiger partial charge in [0.05, 0.1) is 18.4 Å². The van der Waals surface area contributed by atoms with Gasteiger partial charge in [0.15, 0.2) is 18.1 Å². The third-order valence-corrected chi connectivity index (χ3v) is 5.45. The molecule has 9 nitrogen and oxygen atoms in total. The molecular formula is C18H17Cl3N2O7. The Balaban J connectivity index is 2.19. The SMILES string of the molecule is COc1ccc2c(c1)C(=O)N1CCCC1(C(=O)C=O)C(O)N2C(=O)OCC(Cl)(Cl)Cl. The number of alkyl halides is 3. The zero-order chi connectivity index (χ0) is 22.3. The molecule has 1 aromatic rings. The summed E-state index contributed by atoms with van der Waals surface area (Å²) >= 11 is 16.9. The second kappa shape index (κ2) is 8.22. The van der Waals surface area contributed by atoms with E-state index < -0.39 is 39.9 Å². The lowest BCUT2D eigenvalue weighted by Gasteiger charge is -2.40. The molecule has 12 heteroatoms. The molecule has 0 saturated carbocycles. The number of aliphatic hydroxyl groups excluding tert-OH is 1. The highest BCUT2D eigenvalue weighted by Gasteiger charge is 2.60. The fourth-order valence-corrected chi connectivity index (χ4v) is 3.97. The Bertz CT molecular complexity index is 904. The minimum absolute atomic E-state index is 0.0240. The number of ether oxygens (including phenoxy) is 2. The molecule has 162 valence electrons. The lowest BCUT2D eigenvalue weighted by Crippen LogP contribution is -2.65. The number of methoxy groups -OCH3 is 1. The van der Waals surface area contributed by atoms with Crippen molar-refractivity contribution in [3.63, 3.8) is 0 Å². The van der Waals surface area contributed by atoms with Gasteiger partial charge in [0.1, 0.15) is 12.4 Å². The highest BCUT2D eigenvalue weighted by atomic mass is 35.6. The number of ketones is 1. The first-order valence-corrected chi connectivity index (χ1v) is 9.90. The van der Waals surface area contributed by atoms with Crippen LogP contribution in [0.4, 0.5) is 10.5 Å². The maximum absolute atomic E-state index is 13.3. The van der Waals surface area contributed by atoms with Crippen LogP contribution in [0.2, 0.25) is 0 Å². The van der Waals surface area contributed by atoms with Crippen molar-refractivity contribution in [3.05, 3.63) is 23.8 Å². The van der Waals surface area contributed by atoms with Crippen LogP contribution in [0.3, 0.4) is 0 Å². The number of hydrogen-bond acceptors (Lipinski definition) is 7. The average Bonchev–Trinajstić information content (AvgIpc) is 3.14. The lowest BCUT2D eigenvalue weighted by molar-refractivity contribution is -0.141. The van der Waals surface area contributed by atoms with Crippen LogP contribution in [0.15, 0.2) is 18.2 Å². The number of carbonyl (C=O) groups excluding carboxylic acids is 4. The minimum atomic E-state index is -1.97. The van der Waals surface area contributed by atoms with E-state index in [4.69, 9.17) is 44.3 Å². The molecule has 2 atom stereocenters. The Morgan fingerprint density at radius 2 is 2.07 bits per heavy atom. The molecule has 0 bridgehead atoms. The van der Waals surface area contributed by atoms with E-state index in [-0.39, 0.29) is 30.5 Å². The van der Waals surface area contributed by atoms with E-state index in [1.807, 2.05) is 0 Å². The maximum Gasteiger partial charge on any atom is 0.416 e. The standard InChI is InChI=1S/C18H17Cl3N2O7/c1-29-10-3-4-12-11(7-10)14(26)22-6-2-5-17(22,13(25)8-24)15(27)23(12)16(28)30-9-18(19,20)21/h3-4,7-8,15,27H,2,5-6,9H2,1H3. The van der Waals surface area contributed by atoms with Crippen LogP contribution >= 0.6 is 34.8 Å². The molecule has 0 radical (unpaired) electrons. The number of Topliss-reactive ketones (excluding diaryl/α,β-unsaturated/α-hetero) is 1. The van der Waals surface area contributed by atoms with E-state index in [1.165, 1.54) is 25.3 Å². The number of benzene rings is 1. The molecule has 30 heavy (non-hydrogen) atoms. The van der Waals surface area contributed by atoms with Gasteiger partial charge in [-0.05, 0) is 31.0 Å². The first kappa shape index (κ1) is 22.6. The number of hydrogen-bond donors (Lipinski definition) is 1. The summed E-state index contributed by atoms with van der Waals surface area (Å²) in [7, 11) is 1.39. The molecule has 0 spiro atoms. The second-order valence-electron chi connectivity index (χ2n) is 6.76. The van der Waals surface area contributed by atoms with Crippen molar-refractivity contribution in [1.29, 1.82) is 0 Å². The number of aldehydes is 1. The minimum Gasteiger partial charge on any atom is -0.497 e. The van der Waals surface area contributed by atoms with E-state index in [1.54, 1.807) is 0 Å². The molecule has 1 saturated heterocycles. The Morgan fingerprint density at radius 1 is 1.37 bits per heavy atom. The second-order valence-corrected chi connectivity index (χ2v) is 9.28. The Labute approximate surface area is 186 Å². The molecule has 2 heterocycles. The molecule has 3 rings (SSSR count). The van der Waals surface area contributed by atoms with E-state index in [0.29, 0.717) is 12.2 Å². The van der Waals surface area contributed by atoms with E-state index in [0.717, 1.165) is 9.80 Å². The van der Waals surface area contributed by atoms with Crippen LogP contribution < -0.4 is 9.64 Å². The van der Waals surface area contributed by atoms with Gasteiger partial charge in [-0.3, -0.25) is 14.4 Å². The van der Waals surface area contributed by atoms with Gasteiger partial charge in [-0.25, -0.2) is 9.69 Å². The van der Waals surface area contributed by atoms with Crippen molar-refractivity contribution in [3.8, 4) is 5.75 Å². The summed E-state index contributed by atoms with van der Waals surface area (Å²) in [4.78, 5) is 52.1. The quantitative estimate of drug-likeness (QED) is 0.399. The zero-order valence-corrected chi connectivity index (χ0v) is 17.9. The van der Waals surface area contributed by atoms with E-state index >= 15 is 0 Å². The summed E-state index contributed by atoms with van der Waals surface area (Å²) in [6.07, 6.45) is -2.76. The largest absolute Gasteiger partial charge is 0.497 e. The predicted octanol–water partition coefficient (Wildman–Crippen LogP) is 2.08. The first-order valence-electron chi connectivity index (χ1n) is 8.77. The highest BCUT2D eigenvalue weighted by molar-refractivity contribution is 6.67. The van der Waals surface area contributed by atoms with Gasteiger partial charge in [-0.1, -0.05) is 34.8 Å². The third-order valence-electron chi connectivity index (χ3n) is 5.12. The summed E-state index contributed by atoms with van der Waals surface area (Å²) in [5, 5.41) is 11.2. The molecular weight excluding hydrogens is 463 g/mol. The molecule has 1 aromatic carbocycles. The van der Waals surface area contributed by atoms with Gasteiger partial charge in [0.25, 0.3) is 5.91 Å². The monoisotopic (exact) mass is 478 g/mol. The number of halogens is 3. The molecule has 0 aromatic heterocycles. The summed E-state index contributed by atoms with van der Waals surface area (Å²) in [5.74, 6) is -1.38. The molecule has 2 aliphatic rings. The van der Waals surface area contributed by atoms with Crippen LogP contribution in [0, 0.1) is 0 Å². The van der Waals surface area contributed by atoms with Crippen molar-refractivity contribution in [2.24, 2.45) is 0 Å². The summed E-state index contributed by atoms with van der Waals surface area (Å²) < 4.78 is 8.21. The first-order chi connectivity index (χ1) is 14.1. The van der Waals surface area contributed by atoms with Gasteiger partial charge in [-0.2, -0.15) is 0 Å². The fraction of sp³-hybridized carbons (Fsp3) is 0.444. The summed E-state index contributed by atoms with van der Waals surface area (Å²) in [6, 6.07) is 4.17. The van der Waals surface area contributed by atoms with E-state index in [9.17, 15) is 24.3 Å². The third kappa shape index (κ3) is 3.71. The van der Waals surface area contributed by atoms with Crippen LogP contribution in [0.25, 0.3) is 0 Å². The number of amides is 2. The van der Waals surface area contributed by atoms with Crippen molar-refractivity contribution < 1.29 is 33.8 Å². The summed E-state index contributed by atoms with van der Waals surface area (Å²) in [6.45, 7) is -0.555. The Morgan fingerprint density at radius 3 is 2.67 bits per heavy atom. The number of aliphatic hydroxyl groups is 1. The number of fused-ring (bicyclic) bond motifs is 2. The molecule has 0 aliphatic carbocycles. The lowest BCUT2D eigenvalue weighted by atomic mass is 9.88. The van der Waals surface area contributed by atoms with Crippen molar-refractivity contribution in [2.45, 2.75) is 28.4 Å². The van der Waals surface area contributed by atoms with Gasteiger partial charge >= 0.3 is 6.09 Å². The van der Waals surface area contributed by atoms with Crippen LogP contribution in [0.1, 0.15) is 23.2 Å². The predicted molar refractivity (Wildman–Crippen MR) is 107 cm³/mol. The number of rotatable bonds is 4. The zero-order valence-electron chi connectivity index (χ0n) is 15.6. The Kier molecular flexibility index (Phi) is 6.20.